The summed E-state index contributed by atoms with van der Waals surface area (Å²) in [6.07, 6.45) is 1.47. The van der Waals surface area contributed by atoms with E-state index in [1.807, 2.05) is 19.9 Å². The first-order valence-corrected chi connectivity index (χ1v) is 5.31. The Labute approximate surface area is 91.6 Å². The highest BCUT2D eigenvalue weighted by atomic mass is 16.5. The molecule has 1 amide bonds. The van der Waals surface area contributed by atoms with Gasteiger partial charge in [-0.3, -0.25) is 4.79 Å². The lowest BCUT2D eigenvalue weighted by molar-refractivity contribution is -0.123. The van der Waals surface area contributed by atoms with Gasteiger partial charge in [0.25, 0.3) is 0 Å². The number of rotatable bonds is 7. The first-order valence-electron chi connectivity index (χ1n) is 5.31. The van der Waals surface area contributed by atoms with Gasteiger partial charge in [-0.15, -0.1) is 0 Å². The van der Waals surface area contributed by atoms with Crippen molar-refractivity contribution in [1.82, 2.24) is 5.32 Å². The average molecular weight is 212 g/mol. The van der Waals surface area contributed by atoms with Gasteiger partial charge in [0.2, 0.25) is 5.91 Å². The molecule has 2 atom stereocenters. The maximum Gasteiger partial charge on any atom is 0.237 e. The molecular formula is C11H20N2O2. The fourth-order valence-electron chi connectivity index (χ4n) is 1.28. The van der Waals surface area contributed by atoms with Gasteiger partial charge < -0.3 is 10.1 Å². The summed E-state index contributed by atoms with van der Waals surface area (Å²) in [6.45, 7) is 5.13. The SMILES string of the molecule is CCCC(C#N)C(=O)NCC(C)COC. The third-order valence-corrected chi connectivity index (χ3v) is 2.13. The Hall–Kier alpha value is -1.08. The van der Waals surface area contributed by atoms with Crippen molar-refractivity contribution in [3.8, 4) is 6.07 Å². The van der Waals surface area contributed by atoms with Crippen LogP contribution in [0, 0.1) is 23.2 Å². The van der Waals surface area contributed by atoms with Gasteiger partial charge >= 0.3 is 0 Å². The van der Waals surface area contributed by atoms with E-state index in [1.165, 1.54) is 0 Å². The maximum atomic E-state index is 11.5. The van der Waals surface area contributed by atoms with Crippen LogP contribution in [0.4, 0.5) is 0 Å². The van der Waals surface area contributed by atoms with Gasteiger partial charge in [-0.25, -0.2) is 0 Å². The van der Waals surface area contributed by atoms with Crippen LogP contribution in [0.15, 0.2) is 0 Å². The molecule has 0 rings (SSSR count). The minimum Gasteiger partial charge on any atom is -0.384 e. The van der Waals surface area contributed by atoms with E-state index in [2.05, 4.69) is 5.32 Å². The highest BCUT2D eigenvalue weighted by Crippen LogP contribution is 2.05. The van der Waals surface area contributed by atoms with Crippen LogP contribution >= 0.6 is 0 Å². The number of carbonyl (C=O) groups excluding carboxylic acids is 1. The second kappa shape index (κ2) is 8.25. The van der Waals surface area contributed by atoms with Crippen LogP contribution < -0.4 is 5.32 Å². The van der Waals surface area contributed by atoms with Crippen LogP contribution in [0.3, 0.4) is 0 Å². The Morgan fingerprint density at radius 1 is 1.60 bits per heavy atom. The molecule has 0 aromatic rings. The summed E-state index contributed by atoms with van der Waals surface area (Å²) in [5.41, 5.74) is 0. The van der Waals surface area contributed by atoms with Crippen LogP contribution in [0.5, 0.6) is 0 Å². The number of nitrogens with zero attached hydrogens (tertiary/aromatic N) is 1. The van der Waals surface area contributed by atoms with Gasteiger partial charge in [0, 0.05) is 13.7 Å². The van der Waals surface area contributed by atoms with E-state index in [-0.39, 0.29) is 11.8 Å². The number of nitriles is 1. The van der Waals surface area contributed by atoms with Gasteiger partial charge in [0.05, 0.1) is 12.7 Å². The minimum absolute atomic E-state index is 0.165. The summed E-state index contributed by atoms with van der Waals surface area (Å²) in [7, 11) is 1.63. The zero-order valence-electron chi connectivity index (χ0n) is 9.75. The third kappa shape index (κ3) is 6.08. The number of amides is 1. The molecule has 0 aromatic carbocycles. The summed E-state index contributed by atoms with van der Waals surface area (Å²) in [5, 5.41) is 11.5. The van der Waals surface area contributed by atoms with E-state index in [9.17, 15) is 4.79 Å². The van der Waals surface area contributed by atoms with E-state index < -0.39 is 5.92 Å². The number of nitrogens with one attached hydrogen (secondary N) is 1. The standard InChI is InChI=1S/C11H20N2O2/c1-4-5-10(6-12)11(14)13-7-9(2)8-15-3/h9-10H,4-5,7-8H2,1-3H3,(H,13,14). The predicted octanol–water partition coefficient (Wildman–Crippen LogP) is 1.32. The normalized spacial score (nSPS) is 14.0. The zero-order valence-corrected chi connectivity index (χ0v) is 9.75. The molecule has 0 heterocycles. The molecule has 4 nitrogen and oxygen atoms in total. The molecular weight excluding hydrogens is 192 g/mol. The molecule has 2 unspecified atom stereocenters. The molecule has 1 N–H and O–H groups in total. The summed E-state index contributed by atoms with van der Waals surface area (Å²) < 4.78 is 4.95. The van der Waals surface area contributed by atoms with E-state index in [1.54, 1.807) is 7.11 Å². The smallest absolute Gasteiger partial charge is 0.237 e. The Morgan fingerprint density at radius 2 is 2.27 bits per heavy atom. The third-order valence-electron chi connectivity index (χ3n) is 2.13. The molecule has 0 spiro atoms. The summed E-state index contributed by atoms with van der Waals surface area (Å²) in [6, 6.07) is 2.02. The van der Waals surface area contributed by atoms with Crippen molar-refractivity contribution in [3.05, 3.63) is 0 Å². The topological polar surface area (TPSA) is 62.1 Å². The Bertz CT molecular complexity index is 223. The van der Waals surface area contributed by atoms with Gasteiger partial charge in [0.1, 0.15) is 5.92 Å². The van der Waals surface area contributed by atoms with E-state index >= 15 is 0 Å². The Balaban J connectivity index is 3.86. The molecule has 15 heavy (non-hydrogen) atoms. The molecule has 4 heteroatoms. The summed E-state index contributed by atoms with van der Waals surface area (Å²) in [4.78, 5) is 11.5. The lowest BCUT2D eigenvalue weighted by Gasteiger charge is -2.13. The second-order valence-corrected chi connectivity index (χ2v) is 3.78. The van der Waals surface area contributed by atoms with Crippen LogP contribution in [0.2, 0.25) is 0 Å². The number of ether oxygens (including phenoxy) is 1. The Kier molecular flexibility index (Phi) is 7.65. The Morgan fingerprint density at radius 3 is 2.73 bits per heavy atom. The molecule has 0 saturated carbocycles. The van der Waals surface area contributed by atoms with Crippen molar-refractivity contribution in [3.63, 3.8) is 0 Å². The molecule has 0 aliphatic heterocycles. The lowest BCUT2D eigenvalue weighted by Crippen LogP contribution is -2.34. The molecule has 0 aliphatic carbocycles. The van der Waals surface area contributed by atoms with Crippen molar-refractivity contribution in [2.24, 2.45) is 11.8 Å². The minimum atomic E-state index is -0.509. The van der Waals surface area contributed by atoms with Crippen LogP contribution in [0.1, 0.15) is 26.7 Å². The quantitative estimate of drug-likeness (QED) is 0.692. The van der Waals surface area contributed by atoms with Crippen molar-refractivity contribution < 1.29 is 9.53 Å². The number of methoxy groups -OCH3 is 1. The maximum absolute atomic E-state index is 11.5. The van der Waals surface area contributed by atoms with Crippen LogP contribution in [0.25, 0.3) is 0 Å². The molecule has 0 bridgehead atoms. The van der Waals surface area contributed by atoms with Crippen LogP contribution in [-0.2, 0) is 9.53 Å². The highest BCUT2D eigenvalue weighted by molar-refractivity contribution is 5.80. The van der Waals surface area contributed by atoms with Gasteiger partial charge in [0.15, 0.2) is 0 Å². The summed E-state index contributed by atoms with van der Waals surface area (Å²) >= 11 is 0. The monoisotopic (exact) mass is 212 g/mol. The fraction of sp³-hybridized carbons (Fsp3) is 0.818. The molecule has 0 radical (unpaired) electrons. The predicted molar refractivity (Wildman–Crippen MR) is 58.1 cm³/mol. The molecule has 0 aromatic heterocycles. The number of hydrogen-bond acceptors (Lipinski definition) is 3. The number of hydrogen-bond donors (Lipinski definition) is 1. The number of carbonyl (C=O) groups is 1. The van der Waals surface area contributed by atoms with Crippen molar-refractivity contribution >= 4 is 5.91 Å². The van der Waals surface area contributed by atoms with E-state index in [4.69, 9.17) is 10.00 Å². The largest absolute Gasteiger partial charge is 0.384 e. The second-order valence-electron chi connectivity index (χ2n) is 3.78. The summed E-state index contributed by atoms with van der Waals surface area (Å²) in [5.74, 6) is -0.396. The highest BCUT2D eigenvalue weighted by Gasteiger charge is 2.16. The zero-order chi connectivity index (χ0) is 11.7. The van der Waals surface area contributed by atoms with E-state index in [0.717, 1.165) is 6.42 Å². The first kappa shape index (κ1) is 13.9. The molecule has 0 aliphatic rings. The molecule has 0 fully saturated rings. The van der Waals surface area contributed by atoms with E-state index in [0.29, 0.717) is 19.6 Å². The first-order chi connectivity index (χ1) is 7.15. The van der Waals surface area contributed by atoms with Crippen molar-refractivity contribution in [2.45, 2.75) is 26.7 Å². The van der Waals surface area contributed by atoms with Crippen LogP contribution in [-0.4, -0.2) is 26.2 Å². The fourth-order valence-corrected chi connectivity index (χ4v) is 1.28. The average Bonchev–Trinajstić information content (AvgIpc) is 2.23. The van der Waals surface area contributed by atoms with Gasteiger partial charge in [-0.2, -0.15) is 5.26 Å². The van der Waals surface area contributed by atoms with Crippen molar-refractivity contribution in [1.29, 1.82) is 5.26 Å². The van der Waals surface area contributed by atoms with Gasteiger partial charge in [-0.1, -0.05) is 20.3 Å². The molecule has 86 valence electrons. The molecule has 0 saturated heterocycles. The van der Waals surface area contributed by atoms with Crippen molar-refractivity contribution in [2.75, 3.05) is 20.3 Å². The van der Waals surface area contributed by atoms with Gasteiger partial charge in [-0.05, 0) is 12.3 Å². The lowest BCUT2D eigenvalue weighted by atomic mass is 10.0.